The number of anilines is 1. The summed E-state index contributed by atoms with van der Waals surface area (Å²) in [6.45, 7) is 2.06. The van der Waals surface area contributed by atoms with E-state index < -0.39 is 0 Å². The number of ether oxygens (including phenoxy) is 2. The van der Waals surface area contributed by atoms with Crippen molar-refractivity contribution in [2.24, 2.45) is 0 Å². The lowest BCUT2D eigenvalue weighted by Crippen LogP contribution is -2.32. The molecule has 3 heterocycles. The number of rotatable bonds is 3. The zero-order chi connectivity index (χ0) is 22.5. The highest BCUT2D eigenvalue weighted by Crippen LogP contribution is 2.51. The van der Waals surface area contributed by atoms with E-state index in [0.717, 1.165) is 39.5 Å². The van der Waals surface area contributed by atoms with Gasteiger partial charge in [-0.25, -0.2) is 9.07 Å². The van der Waals surface area contributed by atoms with Crippen LogP contribution < -0.4 is 14.8 Å². The van der Waals surface area contributed by atoms with Crippen molar-refractivity contribution in [1.82, 2.24) is 14.8 Å². The summed E-state index contributed by atoms with van der Waals surface area (Å²) in [4.78, 5) is 4.43. The molecule has 2 atom stereocenters. The Hall–Kier alpha value is -4.13. The third-order valence-electron chi connectivity index (χ3n) is 6.19. The second kappa shape index (κ2) is 7.48. The van der Waals surface area contributed by atoms with Gasteiger partial charge in [-0.3, -0.25) is 0 Å². The van der Waals surface area contributed by atoms with Crippen LogP contribution >= 0.6 is 0 Å². The third-order valence-corrected chi connectivity index (χ3v) is 6.19. The van der Waals surface area contributed by atoms with Crippen molar-refractivity contribution in [2.45, 2.75) is 19.1 Å². The molecule has 0 saturated carbocycles. The van der Waals surface area contributed by atoms with Crippen molar-refractivity contribution >= 4 is 11.6 Å². The first-order valence-corrected chi connectivity index (χ1v) is 10.7. The molecule has 2 aliphatic rings. The van der Waals surface area contributed by atoms with Gasteiger partial charge in [0.15, 0.2) is 0 Å². The van der Waals surface area contributed by atoms with Crippen LogP contribution in [0.25, 0.3) is 5.70 Å². The van der Waals surface area contributed by atoms with Crippen LogP contribution in [0.15, 0.2) is 78.6 Å². The molecule has 3 aromatic carbocycles. The Labute approximate surface area is 190 Å². The second-order valence-corrected chi connectivity index (χ2v) is 8.21. The molecule has 6 nitrogen and oxygen atoms in total. The van der Waals surface area contributed by atoms with E-state index in [0.29, 0.717) is 5.95 Å². The maximum absolute atomic E-state index is 13.8. The number of hydrogen-bond donors (Lipinski definition) is 1. The topological polar surface area (TPSA) is 61.2 Å². The molecule has 7 heteroatoms. The van der Waals surface area contributed by atoms with E-state index in [2.05, 4.69) is 46.6 Å². The van der Waals surface area contributed by atoms with Gasteiger partial charge in [-0.2, -0.15) is 10.1 Å². The molecule has 0 fully saturated rings. The predicted molar refractivity (Wildman–Crippen MR) is 123 cm³/mol. The molecular weight excluding hydrogens is 419 g/mol. The standard InChI is InChI=1S/C26H21FN4O2/c1-15-3-5-17(6-4-15)25-22-23(20-13-19(32-2)11-12-21(20)33-25)30-26-28-14-29-31(26)24(22)16-7-9-18(27)10-8-16/h3-14,24-25H,1-2H3,(H,28,29,30)/t24-,25+/m0/s1. The monoisotopic (exact) mass is 440 g/mol. The number of aromatic nitrogens is 3. The maximum atomic E-state index is 13.8. The summed E-state index contributed by atoms with van der Waals surface area (Å²) < 4.78 is 27.7. The molecule has 0 unspecified atom stereocenters. The van der Waals surface area contributed by atoms with Crippen molar-refractivity contribution < 1.29 is 13.9 Å². The highest BCUT2D eigenvalue weighted by Gasteiger charge is 2.41. The first-order valence-electron chi connectivity index (χ1n) is 10.7. The number of hydrogen-bond acceptors (Lipinski definition) is 5. The third kappa shape index (κ3) is 3.16. The Morgan fingerprint density at radius 3 is 2.52 bits per heavy atom. The lowest BCUT2D eigenvalue weighted by atomic mass is 9.84. The SMILES string of the molecule is COc1ccc2c(c1)C1=C([C@H](c3ccc(F)cc3)n3ncnc3N1)[C@@H](c1ccc(C)cc1)O2. The van der Waals surface area contributed by atoms with Crippen LogP contribution in [0, 0.1) is 12.7 Å². The van der Waals surface area contributed by atoms with Crippen LogP contribution in [0.3, 0.4) is 0 Å². The van der Waals surface area contributed by atoms with Crippen LogP contribution in [-0.4, -0.2) is 21.9 Å². The van der Waals surface area contributed by atoms with E-state index in [1.165, 1.54) is 24.0 Å². The van der Waals surface area contributed by atoms with Crippen molar-refractivity contribution in [1.29, 1.82) is 0 Å². The van der Waals surface area contributed by atoms with Gasteiger partial charge in [0.05, 0.1) is 12.8 Å². The highest BCUT2D eigenvalue weighted by molar-refractivity contribution is 5.85. The van der Waals surface area contributed by atoms with Gasteiger partial charge in [-0.15, -0.1) is 0 Å². The van der Waals surface area contributed by atoms with Crippen molar-refractivity contribution in [3.8, 4) is 11.5 Å². The number of benzene rings is 3. The fourth-order valence-corrected chi connectivity index (χ4v) is 4.56. The van der Waals surface area contributed by atoms with Gasteiger partial charge in [0.25, 0.3) is 0 Å². The van der Waals surface area contributed by atoms with Crippen molar-refractivity contribution in [2.75, 3.05) is 12.4 Å². The normalized spacial score (nSPS) is 18.5. The summed E-state index contributed by atoms with van der Waals surface area (Å²) >= 11 is 0. The number of nitrogens with one attached hydrogen (secondary N) is 1. The van der Waals surface area contributed by atoms with E-state index in [9.17, 15) is 4.39 Å². The van der Waals surface area contributed by atoms with Crippen LogP contribution in [0.5, 0.6) is 11.5 Å². The number of halogens is 1. The average Bonchev–Trinajstić information content (AvgIpc) is 3.31. The molecule has 6 rings (SSSR count). The summed E-state index contributed by atoms with van der Waals surface area (Å²) in [6.07, 6.45) is 1.15. The second-order valence-electron chi connectivity index (χ2n) is 8.21. The summed E-state index contributed by atoms with van der Waals surface area (Å²) in [7, 11) is 1.64. The lowest BCUT2D eigenvalue weighted by Gasteiger charge is -2.39. The number of aryl methyl sites for hydroxylation is 1. The molecule has 0 spiro atoms. The largest absolute Gasteiger partial charge is 0.497 e. The molecule has 0 amide bonds. The van der Waals surface area contributed by atoms with Gasteiger partial charge in [0.2, 0.25) is 5.95 Å². The molecule has 33 heavy (non-hydrogen) atoms. The quantitative estimate of drug-likeness (QED) is 0.469. The Morgan fingerprint density at radius 2 is 1.76 bits per heavy atom. The van der Waals surface area contributed by atoms with Crippen molar-refractivity contribution in [3.63, 3.8) is 0 Å². The number of fused-ring (bicyclic) bond motifs is 3. The fraction of sp³-hybridized carbons (Fsp3) is 0.154. The Bertz CT molecular complexity index is 1380. The van der Waals surface area contributed by atoms with E-state index in [1.54, 1.807) is 19.2 Å². The predicted octanol–water partition coefficient (Wildman–Crippen LogP) is 5.29. The summed E-state index contributed by atoms with van der Waals surface area (Å²) in [5.41, 5.74) is 5.84. The van der Waals surface area contributed by atoms with Crippen molar-refractivity contribution in [3.05, 3.63) is 107 Å². The average molecular weight is 440 g/mol. The molecule has 1 aromatic heterocycles. The minimum absolute atomic E-state index is 0.286. The lowest BCUT2D eigenvalue weighted by molar-refractivity contribution is 0.222. The molecule has 0 radical (unpaired) electrons. The molecule has 164 valence electrons. The molecular formula is C26H21FN4O2. The van der Waals surface area contributed by atoms with Gasteiger partial charge in [-0.05, 0) is 48.4 Å². The molecule has 4 aromatic rings. The van der Waals surface area contributed by atoms with Crippen LogP contribution in [0.1, 0.15) is 34.4 Å². The minimum Gasteiger partial charge on any atom is -0.497 e. The van der Waals surface area contributed by atoms with E-state index >= 15 is 0 Å². The van der Waals surface area contributed by atoms with Gasteiger partial charge in [-0.1, -0.05) is 42.0 Å². The van der Waals surface area contributed by atoms with Gasteiger partial charge >= 0.3 is 0 Å². The zero-order valence-corrected chi connectivity index (χ0v) is 18.1. The van der Waals surface area contributed by atoms with E-state index in [4.69, 9.17) is 9.47 Å². The summed E-state index contributed by atoms with van der Waals surface area (Å²) in [6, 6.07) is 20.3. The van der Waals surface area contributed by atoms with E-state index in [1.807, 2.05) is 22.9 Å². The van der Waals surface area contributed by atoms with E-state index in [-0.39, 0.29) is 18.0 Å². The van der Waals surface area contributed by atoms with Crippen LogP contribution in [-0.2, 0) is 0 Å². The summed E-state index contributed by atoms with van der Waals surface area (Å²) in [5, 5.41) is 7.96. The van der Waals surface area contributed by atoms with Gasteiger partial charge < -0.3 is 14.8 Å². The van der Waals surface area contributed by atoms with Gasteiger partial charge in [0, 0.05) is 11.1 Å². The Morgan fingerprint density at radius 1 is 1.00 bits per heavy atom. The molecule has 0 saturated heterocycles. The number of methoxy groups -OCH3 is 1. The first kappa shape index (κ1) is 19.5. The highest BCUT2D eigenvalue weighted by atomic mass is 19.1. The minimum atomic E-state index is -0.374. The van der Waals surface area contributed by atoms with Crippen LogP contribution in [0.4, 0.5) is 10.3 Å². The smallest absolute Gasteiger partial charge is 0.226 e. The number of nitrogens with zero attached hydrogens (tertiary/aromatic N) is 3. The Kier molecular flexibility index (Phi) is 4.43. The van der Waals surface area contributed by atoms with Crippen LogP contribution in [0.2, 0.25) is 0 Å². The first-order chi connectivity index (χ1) is 16.1. The molecule has 2 aliphatic heterocycles. The maximum Gasteiger partial charge on any atom is 0.226 e. The Balaban J connectivity index is 1.62. The molecule has 0 aliphatic carbocycles. The summed E-state index contributed by atoms with van der Waals surface area (Å²) in [5.74, 6) is 1.80. The molecule has 0 bridgehead atoms. The molecule has 1 N–H and O–H groups in total. The van der Waals surface area contributed by atoms with Gasteiger partial charge in [0.1, 0.15) is 35.8 Å². The zero-order valence-electron chi connectivity index (χ0n) is 18.1. The fourth-order valence-electron chi connectivity index (χ4n) is 4.56.